The summed E-state index contributed by atoms with van der Waals surface area (Å²) in [5.41, 5.74) is 2.59. The van der Waals surface area contributed by atoms with E-state index in [1.165, 1.54) is 24.1 Å². The lowest BCUT2D eigenvalue weighted by Gasteiger charge is -2.06. The first-order valence-electron chi connectivity index (χ1n) is 6.30. The molecule has 1 aromatic carbocycles. The number of hydrogen-bond acceptors (Lipinski definition) is 2. The summed E-state index contributed by atoms with van der Waals surface area (Å²) in [6.07, 6.45) is 5.54. The van der Waals surface area contributed by atoms with E-state index in [-0.39, 0.29) is 0 Å². The number of hydrogen-bond donors (Lipinski definition) is 2. The molecule has 2 heteroatoms. The maximum absolute atomic E-state index is 8.63. The van der Waals surface area contributed by atoms with Crippen molar-refractivity contribution in [2.45, 2.75) is 39.0 Å². The van der Waals surface area contributed by atoms with Crippen LogP contribution in [-0.2, 0) is 6.42 Å². The highest BCUT2D eigenvalue weighted by Gasteiger charge is 1.93. The van der Waals surface area contributed by atoms with Crippen LogP contribution in [0.25, 0.3) is 0 Å². The maximum Gasteiger partial charge on any atom is 0.0431 e. The van der Waals surface area contributed by atoms with E-state index in [1.54, 1.807) is 0 Å². The fraction of sp³-hybridized carbons (Fsp3) is 0.571. The molecule has 0 amide bonds. The maximum atomic E-state index is 8.63. The number of benzene rings is 1. The third-order valence-corrected chi connectivity index (χ3v) is 2.78. The van der Waals surface area contributed by atoms with Crippen molar-refractivity contribution in [3.8, 4) is 0 Å². The summed E-state index contributed by atoms with van der Waals surface area (Å²) in [5.74, 6) is 0. The van der Waals surface area contributed by atoms with Gasteiger partial charge in [0.25, 0.3) is 0 Å². The Hall–Kier alpha value is -1.02. The van der Waals surface area contributed by atoms with E-state index in [9.17, 15) is 0 Å². The van der Waals surface area contributed by atoms with Crippen LogP contribution in [-0.4, -0.2) is 18.3 Å². The molecule has 0 aromatic heterocycles. The minimum absolute atomic E-state index is 0.325. The van der Waals surface area contributed by atoms with Gasteiger partial charge in [0.1, 0.15) is 0 Å². The molecule has 0 spiro atoms. The molecule has 0 fully saturated rings. The van der Waals surface area contributed by atoms with E-state index in [1.807, 2.05) is 0 Å². The Morgan fingerprint density at radius 3 is 2.31 bits per heavy atom. The third-order valence-electron chi connectivity index (χ3n) is 2.78. The molecule has 90 valence electrons. The van der Waals surface area contributed by atoms with Gasteiger partial charge in [-0.1, -0.05) is 31.9 Å². The lowest BCUT2D eigenvalue weighted by Crippen LogP contribution is -2.01. The number of rotatable bonds is 8. The zero-order chi connectivity index (χ0) is 11.6. The Kier molecular flexibility index (Phi) is 6.66. The van der Waals surface area contributed by atoms with Crippen molar-refractivity contribution in [1.29, 1.82) is 0 Å². The van der Waals surface area contributed by atoms with Crippen molar-refractivity contribution in [3.05, 3.63) is 29.8 Å². The number of anilines is 1. The smallest absolute Gasteiger partial charge is 0.0431 e. The first-order valence-corrected chi connectivity index (χ1v) is 6.30. The van der Waals surface area contributed by atoms with Crippen LogP contribution in [0, 0.1) is 0 Å². The molecule has 16 heavy (non-hydrogen) atoms. The third kappa shape index (κ3) is 5.17. The molecular formula is C14H23NO. The standard InChI is InChI=1S/C14H23NO/c1-2-13-7-9-14(10-8-13)15-11-5-3-4-6-12-16/h7-10,15-16H,2-6,11-12H2,1H3. The van der Waals surface area contributed by atoms with Crippen LogP contribution in [0.3, 0.4) is 0 Å². The average molecular weight is 221 g/mol. The SMILES string of the molecule is CCc1ccc(NCCCCCCO)cc1. The highest BCUT2D eigenvalue weighted by molar-refractivity contribution is 5.44. The molecule has 1 rings (SSSR count). The van der Waals surface area contributed by atoms with Gasteiger partial charge in [0.15, 0.2) is 0 Å². The molecular weight excluding hydrogens is 198 g/mol. The van der Waals surface area contributed by atoms with Crippen molar-refractivity contribution in [1.82, 2.24) is 0 Å². The van der Waals surface area contributed by atoms with E-state index in [4.69, 9.17) is 5.11 Å². The van der Waals surface area contributed by atoms with Crippen molar-refractivity contribution < 1.29 is 5.11 Å². The predicted molar refractivity (Wildman–Crippen MR) is 69.9 cm³/mol. The lowest BCUT2D eigenvalue weighted by atomic mass is 10.1. The molecule has 0 atom stereocenters. The first kappa shape index (κ1) is 13.0. The summed E-state index contributed by atoms with van der Waals surface area (Å²) >= 11 is 0. The Labute approximate surface area is 98.7 Å². The first-order chi connectivity index (χ1) is 7.86. The topological polar surface area (TPSA) is 32.3 Å². The molecule has 0 unspecified atom stereocenters. The van der Waals surface area contributed by atoms with Gasteiger partial charge in [-0.25, -0.2) is 0 Å². The quantitative estimate of drug-likeness (QED) is 0.661. The van der Waals surface area contributed by atoms with Gasteiger partial charge in [-0.05, 0) is 37.0 Å². The lowest BCUT2D eigenvalue weighted by molar-refractivity contribution is 0.283. The van der Waals surface area contributed by atoms with Gasteiger partial charge < -0.3 is 10.4 Å². The number of aryl methyl sites for hydroxylation is 1. The van der Waals surface area contributed by atoms with E-state index >= 15 is 0 Å². The van der Waals surface area contributed by atoms with E-state index in [0.717, 1.165) is 25.8 Å². The fourth-order valence-electron chi connectivity index (χ4n) is 1.68. The molecule has 0 bridgehead atoms. The molecule has 0 aliphatic rings. The van der Waals surface area contributed by atoms with Gasteiger partial charge in [0.05, 0.1) is 0 Å². The van der Waals surface area contributed by atoms with E-state index < -0.39 is 0 Å². The van der Waals surface area contributed by atoms with E-state index in [0.29, 0.717) is 6.61 Å². The predicted octanol–water partition coefficient (Wildman–Crippen LogP) is 3.21. The second kappa shape index (κ2) is 8.17. The summed E-state index contributed by atoms with van der Waals surface area (Å²) < 4.78 is 0. The summed E-state index contributed by atoms with van der Waals surface area (Å²) in [6.45, 7) is 3.52. The molecule has 0 saturated heterocycles. The summed E-state index contributed by atoms with van der Waals surface area (Å²) in [7, 11) is 0. The molecule has 2 nitrogen and oxygen atoms in total. The van der Waals surface area contributed by atoms with Crippen LogP contribution in [0.2, 0.25) is 0 Å². The zero-order valence-electron chi connectivity index (χ0n) is 10.2. The molecule has 0 aliphatic carbocycles. The second-order valence-corrected chi connectivity index (χ2v) is 4.12. The molecule has 2 N–H and O–H groups in total. The van der Waals surface area contributed by atoms with Gasteiger partial charge in [-0.3, -0.25) is 0 Å². The van der Waals surface area contributed by atoms with Crippen molar-refractivity contribution in [2.75, 3.05) is 18.5 Å². The monoisotopic (exact) mass is 221 g/mol. The Morgan fingerprint density at radius 2 is 1.69 bits per heavy atom. The Balaban J connectivity index is 2.12. The summed E-state index contributed by atoms with van der Waals surface area (Å²) in [4.78, 5) is 0. The van der Waals surface area contributed by atoms with Gasteiger partial charge >= 0.3 is 0 Å². The van der Waals surface area contributed by atoms with Crippen LogP contribution in [0.15, 0.2) is 24.3 Å². The Morgan fingerprint density at radius 1 is 1.00 bits per heavy atom. The van der Waals surface area contributed by atoms with Crippen molar-refractivity contribution in [3.63, 3.8) is 0 Å². The Bertz CT molecular complexity index is 269. The van der Waals surface area contributed by atoms with Gasteiger partial charge in [-0.2, -0.15) is 0 Å². The minimum Gasteiger partial charge on any atom is -0.396 e. The van der Waals surface area contributed by atoms with Crippen LogP contribution >= 0.6 is 0 Å². The van der Waals surface area contributed by atoms with Crippen LogP contribution in [0.1, 0.15) is 38.2 Å². The number of nitrogens with one attached hydrogen (secondary N) is 1. The largest absolute Gasteiger partial charge is 0.396 e. The van der Waals surface area contributed by atoms with Crippen LogP contribution in [0.4, 0.5) is 5.69 Å². The molecule has 0 aliphatic heterocycles. The zero-order valence-corrected chi connectivity index (χ0v) is 10.2. The highest BCUT2D eigenvalue weighted by Crippen LogP contribution is 2.10. The summed E-state index contributed by atoms with van der Waals surface area (Å²) in [6, 6.07) is 8.64. The average Bonchev–Trinajstić information content (AvgIpc) is 2.34. The normalized spacial score (nSPS) is 10.4. The fourth-order valence-corrected chi connectivity index (χ4v) is 1.68. The van der Waals surface area contributed by atoms with Crippen LogP contribution in [0.5, 0.6) is 0 Å². The number of aliphatic hydroxyl groups excluding tert-OH is 1. The molecule has 0 saturated carbocycles. The number of unbranched alkanes of at least 4 members (excludes halogenated alkanes) is 3. The van der Waals surface area contributed by atoms with Crippen molar-refractivity contribution in [2.24, 2.45) is 0 Å². The second-order valence-electron chi connectivity index (χ2n) is 4.12. The van der Waals surface area contributed by atoms with Gasteiger partial charge in [0, 0.05) is 18.8 Å². The molecule has 0 heterocycles. The van der Waals surface area contributed by atoms with E-state index in [2.05, 4.69) is 36.5 Å². The van der Waals surface area contributed by atoms with Gasteiger partial charge in [0.2, 0.25) is 0 Å². The minimum atomic E-state index is 0.325. The molecule has 1 aromatic rings. The number of aliphatic hydroxyl groups is 1. The van der Waals surface area contributed by atoms with Gasteiger partial charge in [-0.15, -0.1) is 0 Å². The highest BCUT2D eigenvalue weighted by atomic mass is 16.2. The molecule has 0 radical (unpaired) electrons. The summed E-state index contributed by atoms with van der Waals surface area (Å²) in [5, 5.41) is 12.0. The van der Waals surface area contributed by atoms with Crippen LogP contribution < -0.4 is 5.32 Å². The van der Waals surface area contributed by atoms with Crippen molar-refractivity contribution >= 4 is 5.69 Å².